The number of hydrogen-bond acceptors (Lipinski definition) is 5. The molecule has 120 valence electrons. The molecule has 0 spiro atoms. The molecule has 0 aliphatic heterocycles. The predicted octanol–water partition coefficient (Wildman–Crippen LogP) is 0.991. The van der Waals surface area contributed by atoms with E-state index in [1.165, 1.54) is 5.01 Å². The Balaban J connectivity index is 3.07. The lowest BCUT2D eigenvalue weighted by Crippen LogP contribution is -2.36. The van der Waals surface area contributed by atoms with Gasteiger partial charge in [0.05, 0.1) is 12.0 Å². The Labute approximate surface area is 127 Å². The molecule has 1 aromatic carbocycles. The molecule has 0 radical (unpaired) electrons. The van der Waals surface area contributed by atoms with Crippen LogP contribution >= 0.6 is 0 Å². The van der Waals surface area contributed by atoms with E-state index in [2.05, 4.69) is 24.0 Å². The maximum atomic E-state index is 12.3. The molecule has 1 rings (SSSR count). The van der Waals surface area contributed by atoms with Gasteiger partial charge in [-0.3, -0.25) is 0 Å². The first-order chi connectivity index (χ1) is 9.76. The summed E-state index contributed by atoms with van der Waals surface area (Å²) in [5.41, 5.74) is 0.733. The highest BCUT2D eigenvalue weighted by Gasteiger charge is 2.19. The zero-order chi connectivity index (χ0) is 16.0. The summed E-state index contributed by atoms with van der Waals surface area (Å²) in [5.74, 6) is 0.651. The van der Waals surface area contributed by atoms with Gasteiger partial charge in [0, 0.05) is 20.1 Å². The summed E-state index contributed by atoms with van der Waals surface area (Å²) in [4.78, 5) is 2.74. The third-order valence-electron chi connectivity index (χ3n) is 2.81. The first kappa shape index (κ1) is 17.9. The van der Waals surface area contributed by atoms with Crippen LogP contribution in [0.15, 0.2) is 23.1 Å². The van der Waals surface area contributed by atoms with Gasteiger partial charge in [0.2, 0.25) is 0 Å². The minimum Gasteiger partial charge on any atom is -0.497 e. The quantitative estimate of drug-likeness (QED) is 0.700. The SMILES string of the molecule is COc1ccc(S(=O)(=O)NN(C)C)c(CCNC(C)C)c1. The predicted molar refractivity (Wildman–Crippen MR) is 83.8 cm³/mol. The normalized spacial score (nSPS) is 12.1. The molecule has 1 aromatic rings. The molecule has 0 aliphatic carbocycles. The van der Waals surface area contributed by atoms with Crippen molar-refractivity contribution in [2.45, 2.75) is 31.2 Å². The van der Waals surface area contributed by atoms with Gasteiger partial charge in [-0.2, -0.15) is 0 Å². The zero-order valence-corrected chi connectivity index (χ0v) is 14.1. The van der Waals surface area contributed by atoms with Crippen LogP contribution in [0.5, 0.6) is 5.75 Å². The summed E-state index contributed by atoms with van der Waals surface area (Å²) in [5, 5.41) is 4.70. The van der Waals surface area contributed by atoms with Gasteiger partial charge in [0.1, 0.15) is 5.75 Å². The summed E-state index contributed by atoms with van der Waals surface area (Å²) in [6, 6.07) is 5.36. The maximum Gasteiger partial charge on any atom is 0.253 e. The summed E-state index contributed by atoms with van der Waals surface area (Å²) in [6.07, 6.45) is 0.610. The highest BCUT2D eigenvalue weighted by Crippen LogP contribution is 2.22. The molecule has 7 heteroatoms. The average Bonchev–Trinajstić information content (AvgIpc) is 2.36. The third kappa shape index (κ3) is 5.62. The molecule has 0 heterocycles. The summed E-state index contributed by atoms with van der Waals surface area (Å²) in [6.45, 7) is 4.81. The van der Waals surface area contributed by atoms with Gasteiger partial charge < -0.3 is 10.1 Å². The van der Waals surface area contributed by atoms with Crippen molar-refractivity contribution in [3.05, 3.63) is 23.8 Å². The van der Waals surface area contributed by atoms with Crippen molar-refractivity contribution in [2.75, 3.05) is 27.7 Å². The maximum absolute atomic E-state index is 12.3. The minimum absolute atomic E-state index is 0.280. The third-order valence-corrected chi connectivity index (χ3v) is 4.39. The first-order valence-electron chi connectivity index (χ1n) is 6.86. The Morgan fingerprint density at radius 3 is 2.48 bits per heavy atom. The second-order valence-electron chi connectivity index (χ2n) is 5.32. The second-order valence-corrected chi connectivity index (χ2v) is 6.95. The lowest BCUT2D eigenvalue weighted by atomic mass is 10.1. The van der Waals surface area contributed by atoms with Crippen LogP contribution in [-0.4, -0.2) is 47.2 Å². The Morgan fingerprint density at radius 2 is 1.95 bits per heavy atom. The van der Waals surface area contributed by atoms with Crippen molar-refractivity contribution in [3.8, 4) is 5.75 Å². The molecule has 0 atom stereocenters. The number of nitrogens with zero attached hydrogens (tertiary/aromatic N) is 1. The van der Waals surface area contributed by atoms with E-state index in [1.54, 1.807) is 39.4 Å². The van der Waals surface area contributed by atoms with E-state index in [1.807, 2.05) is 0 Å². The second kappa shape index (κ2) is 7.74. The number of hydrogen-bond donors (Lipinski definition) is 2. The van der Waals surface area contributed by atoms with E-state index >= 15 is 0 Å². The fourth-order valence-electron chi connectivity index (χ4n) is 1.93. The number of nitrogens with one attached hydrogen (secondary N) is 2. The highest BCUT2D eigenvalue weighted by molar-refractivity contribution is 7.89. The molecule has 0 saturated carbocycles. The number of ether oxygens (including phenoxy) is 1. The Morgan fingerprint density at radius 1 is 1.29 bits per heavy atom. The van der Waals surface area contributed by atoms with E-state index in [4.69, 9.17) is 4.74 Å². The van der Waals surface area contributed by atoms with E-state index in [-0.39, 0.29) is 4.90 Å². The van der Waals surface area contributed by atoms with Gasteiger partial charge in [-0.25, -0.2) is 13.4 Å². The van der Waals surface area contributed by atoms with Gasteiger partial charge in [-0.05, 0) is 36.7 Å². The largest absolute Gasteiger partial charge is 0.497 e. The van der Waals surface area contributed by atoms with Gasteiger partial charge in [-0.1, -0.05) is 13.8 Å². The molecule has 0 amide bonds. The van der Waals surface area contributed by atoms with E-state index < -0.39 is 10.0 Å². The summed E-state index contributed by atoms with van der Waals surface area (Å²) < 4.78 is 29.9. The van der Waals surface area contributed by atoms with Gasteiger partial charge in [0.15, 0.2) is 0 Å². The lowest BCUT2D eigenvalue weighted by molar-refractivity contribution is 0.363. The molecule has 0 unspecified atom stereocenters. The molecule has 0 saturated heterocycles. The fourth-order valence-corrected chi connectivity index (χ4v) is 3.26. The van der Waals surface area contributed by atoms with Crippen LogP contribution in [0.3, 0.4) is 0 Å². The number of hydrazine groups is 1. The summed E-state index contributed by atoms with van der Waals surface area (Å²) in [7, 11) is 1.27. The number of rotatable bonds is 8. The topological polar surface area (TPSA) is 70.7 Å². The van der Waals surface area contributed by atoms with Crippen LogP contribution in [0.4, 0.5) is 0 Å². The molecule has 0 aliphatic rings. The standard InChI is InChI=1S/C14H25N3O3S/c1-11(2)15-9-8-12-10-13(20-5)6-7-14(12)21(18,19)16-17(3)4/h6-7,10-11,15-16H,8-9H2,1-5H3. The molecular weight excluding hydrogens is 290 g/mol. The molecule has 0 fully saturated rings. The van der Waals surface area contributed by atoms with E-state index in [9.17, 15) is 8.42 Å². The molecule has 21 heavy (non-hydrogen) atoms. The van der Waals surface area contributed by atoms with Crippen molar-refractivity contribution in [3.63, 3.8) is 0 Å². The Hall–Kier alpha value is -1.15. The van der Waals surface area contributed by atoms with Crippen LogP contribution < -0.4 is 14.9 Å². The van der Waals surface area contributed by atoms with Crippen LogP contribution in [0.25, 0.3) is 0 Å². The minimum atomic E-state index is -3.57. The van der Waals surface area contributed by atoms with Crippen LogP contribution in [-0.2, 0) is 16.4 Å². The fraction of sp³-hybridized carbons (Fsp3) is 0.571. The van der Waals surface area contributed by atoms with Crippen molar-refractivity contribution < 1.29 is 13.2 Å². The van der Waals surface area contributed by atoms with Gasteiger partial charge in [-0.15, -0.1) is 4.83 Å². The number of sulfonamides is 1. The molecule has 0 aromatic heterocycles. The first-order valence-corrected chi connectivity index (χ1v) is 8.34. The van der Waals surface area contributed by atoms with E-state index in [0.29, 0.717) is 24.8 Å². The number of methoxy groups -OCH3 is 1. The lowest BCUT2D eigenvalue weighted by Gasteiger charge is -2.16. The van der Waals surface area contributed by atoms with Crippen molar-refractivity contribution in [1.82, 2.24) is 15.2 Å². The summed E-state index contributed by atoms with van der Waals surface area (Å²) >= 11 is 0. The van der Waals surface area contributed by atoms with Crippen molar-refractivity contribution >= 4 is 10.0 Å². The van der Waals surface area contributed by atoms with Crippen molar-refractivity contribution in [2.24, 2.45) is 0 Å². The monoisotopic (exact) mass is 315 g/mol. The molecular formula is C14H25N3O3S. The van der Waals surface area contributed by atoms with Crippen molar-refractivity contribution in [1.29, 1.82) is 0 Å². The molecule has 0 bridgehead atoms. The average molecular weight is 315 g/mol. The van der Waals surface area contributed by atoms with E-state index in [0.717, 1.165) is 5.56 Å². The van der Waals surface area contributed by atoms with Gasteiger partial charge >= 0.3 is 0 Å². The van der Waals surface area contributed by atoms with Crippen LogP contribution in [0.1, 0.15) is 19.4 Å². The zero-order valence-electron chi connectivity index (χ0n) is 13.3. The smallest absolute Gasteiger partial charge is 0.253 e. The number of benzene rings is 1. The molecule has 6 nitrogen and oxygen atoms in total. The Kier molecular flexibility index (Phi) is 6.60. The van der Waals surface area contributed by atoms with Crippen LogP contribution in [0.2, 0.25) is 0 Å². The van der Waals surface area contributed by atoms with Crippen LogP contribution in [0, 0.1) is 0 Å². The Bertz CT molecular complexity index is 557. The molecule has 2 N–H and O–H groups in total. The highest BCUT2D eigenvalue weighted by atomic mass is 32.2. The van der Waals surface area contributed by atoms with Gasteiger partial charge in [0.25, 0.3) is 10.0 Å².